The first-order valence-corrected chi connectivity index (χ1v) is 5.96. The summed E-state index contributed by atoms with van der Waals surface area (Å²) in [5, 5.41) is 6.49. The number of hydrogen-bond acceptors (Lipinski definition) is 3. The Bertz CT molecular complexity index is 591. The van der Waals surface area contributed by atoms with Gasteiger partial charge in [0.15, 0.2) is 0 Å². The zero-order valence-corrected chi connectivity index (χ0v) is 9.64. The lowest BCUT2D eigenvalue weighted by Gasteiger charge is -1.96. The van der Waals surface area contributed by atoms with Gasteiger partial charge in [-0.1, -0.05) is 12.1 Å². The summed E-state index contributed by atoms with van der Waals surface area (Å²) >= 11 is 1.68. The van der Waals surface area contributed by atoms with Crippen molar-refractivity contribution in [1.82, 2.24) is 9.97 Å². The number of thiophene rings is 1. The topological polar surface area (TPSA) is 40.7 Å². The van der Waals surface area contributed by atoms with Gasteiger partial charge in [0, 0.05) is 0 Å². The molecule has 0 aliphatic rings. The van der Waals surface area contributed by atoms with E-state index < -0.39 is 0 Å². The van der Waals surface area contributed by atoms with E-state index in [4.69, 9.17) is 0 Å². The van der Waals surface area contributed by atoms with E-state index in [1.54, 1.807) is 11.3 Å². The molecule has 3 aromatic rings. The minimum absolute atomic E-state index is 0.794. The number of benzene rings is 1. The van der Waals surface area contributed by atoms with Gasteiger partial charge in [0.1, 0.15) is 0 Å². The highest BCUT2D eigenvalue weighted by atomic mass is 32.1. The van der Waals surface area contributed by atoms with Crippen LogP contribution in [-0.4, -0.2) is 9.97 Å². The number of aromatic nitrogens is 2. The molecule has 0 spiro atoms. The van der Waals surface area contributed by atoms with Gasteiger partial charge >= 0.3 is 0 Å². The second-order valence-electron chi connectivity index (χ2n) is 3.72. The van der Waals surface area contributed by atoms with Gasteiger partial charge in [-0.15, -0.1) is 11.3 Å². The lowest BCUT2D eigenvalue weighted by molar-refractivity contribution is 1.32. The van der Waals surface area contributed by atoms with Crippen LogP contribution >= 0.6 is 11.3 Å². The zero-order chi connectivity index (χ0) is 11.0. The smallest absolute Gasteiger partial charge is 0.206 e. The summed E-state index contributed by atoms with van der Waals surface area (Å²) in [5.74, 6) is 0.794. The number of imidazole rings is 1. The minimum Gasteiger partial charge on any atom is -0.324 e. The fourth-order valence-electron chi connectivity index (χ4n) is 1.63. The first kappa shape index (κ1) is 9.42. The fraction of sp³-hybridized carbons (Fsp3) is 0.0833. The molecule has 2 aromatic heterocycles. The van der Waals surface area contributed by atoms with Crippen molar-refractivity contribution in [3.63, 3.8) is 0 Å². The number of para-hydroxylation sites is 2. The average Bonchev–Trinajstić information content (AvgIpc) is 2.84. The molecule has 0 radical (unpaired) electrons. The number of aromatic amines is 1. The van der Waals surface area contributed by atoms with Gasteiger partial charge in [-0.05, 0) is 36.1 Å². The Morgan fingerprint density at radius 3 is 2.94 bits per heavy atom. The lowest BCUT2D eigenvalue weighted by Crippen LogP contribution is -1.88. The van der Waals surface area contributed by atoms with Crippen LogP contribution < -0.4 is 5.32 Å². The molecule has 2 N–H and O–H groups in total. The third-order valence-electron chi connectivity index (χ3n) is 2.36. The summed E-state index contributed by atoms with van der Waals surface area (Å²) < 4.78 is 0. The van der Waals surface area contributed by atoms with Gasteiger partial charge in [0.25, 0.3) is 0 Å². The Labute approximate surface area is 97.2 Å². The van der Waals surface area contributed by atoms with E-state index in [1.165, 1.54) is 5.56 Å². The van der Waals surface area contributed by atoms with Crippen LogP contribution in [0.25, 0.3) is 11.0 Å². The summed E-state index contributed by atoms with van der Waals surface area (Å²) in [7, 11) is 0. The van der Waals surface area contributed by atoms with Gasteiger partial charge in [-0.25, -0.2) is 4.98 Å². The fourth-order valence-corrected chi connectivity index (χ4v) is 2.42. The highest BCUT2D eigenvalue weighted by molar-refractivity contribution is 7.14. The summed E-state index contributed by atoms with van der Waals surface area (Å²) in [5.41, 5.74) is 3.31. The Balaban J connectivity index is 1.95. The van der Waals surface area contributed by atoms with E-state index in [2.05, 4.69) is 33.7 Å². The lowest BCUT2D eigenvalue weighted by atomic mass is 10.3. The molecule has 0 saturated carbocycles. The summed E-state index contributed by atoms with van der Waals surface area (Å²) in [6.07, 6.45) is 0. The molecule has 0 fully saturated rings. The number of fused-ring (bicyclic) bond motifs is 1. The maximum atomic E-state index is 4.46. The molecule has 0 bridgehead atoms. The second-order valence-corrected chi connectivity index (χ2v) is 4.63. The Morgan fingerprint density at radius 1 is 1.31 bits per heavy atom. The first-order valence-electron chi connectivity index (χ1n) is 5.08. The van der Waals surface area contributed by atoms with Gasteiger partial charge in [0.2, 0.25) is 5.95 Å². The molecule has 0 saturated heterocycles. The average molecular weight is 229 g/mol. The largest absolute Gasteiger partial charge is 0.324 e. The van der Waals surface area contributed by atoms with Crippen molar-refractivity contribution in [2.75, 3.05) is 5.32 Å². The number of aryl methyl sites for hydroxylation is 1. The van der Waals surface area contributed by atoms with E-state index in [-0.39, 0.29) is 0 Å². The quantitative estimate of drug-likeness (QED) is 0.703. The zero-order valence-electron chi connectivity index (χ0n) is 8.82. The maximum Gasteiger partial charge on any atom is 0.206 e. The minimum atomic E-state index is 0.794. The molecule has 0 aliphatic heterocycles. The predicted molar refractivity (Wildman–Crippen MR) is 68.4 cm³/mol. The van der Waals surface area contributed by atoms with Crippen molar-refractivity contribution in [3.8, 4) is 0 Å². The van der Waals surface area contributed by atoms with Gasteiger partial charge < -0.3 is 10.3 Å². The number of nitrogens with zero attached hydrogens (tertiary/aromatic N) is 1. The third kappa shape index (κ3) is 1.67. The van der Waals surface area contributed by atoms with Crippen LogP contribution in [0.1, 0.15) is 5.56 Å². The summed E-state index contributed by atoms with van der Waals surface area (Å²) in [6, 6.07) is 10.1. The molecule has 2 heterocycles. The van der Waals surface area contributed by atoms with Crippen LogP contribution in [-0.2, 0) is 0 Å². The number of H-pyrrole nitrogens is 1. The van der Waals surface area contributed by atoms with Crippen molar-refractivity contribution in [1.29, 1.82) is 0 Å². The van der Waals surface area contributed by atoms with Crippen LogP contribution in [0.15, 0.2) is 35.7 Å². The molecule has 3 rings (SSSR count). The van der Waals surface area contributed by atoms with Crippen LogP contribution in [0.2, 0.25) is 0 Å². The molecule has 0 aliphatic carbocycles. The van der Waals surface area contributed by atoms with E-state index >= 15 is 0 Å². The van der Waals surface area contributed by atoms with Crippen molar-refractivity contribution in [2.45, 2.75) is 6.92 Å². The highest BCUT2D eigenvalue weighted by Gasteiger charge is 2.02. The van der Waals surface area contributed by atoms with Gasteiger partial charge in [-0.2, -0.15) is 0 Å². The number of rotatable bonds is 2. The van der Waals surface area contributed by atoms with Crippen LogP contribution in [0.5, 0.6) is 0 Å². The molecular formula is C12H11N3S. The second kappa shape index (κ2) is 3.64. The number of anilines is 2. The molecule has 0 amide bonds. The van der Waals surface area contributed by atoms with E-state index in [9.17, 15) is 0 Å². The number of hydrogen-bond donors (Lipinski definition) is 2. The normalized spacial score (nSPS) is 10.8. The predicted octanol–water partition coefficient (Wildman–Crippen LogP) is 3.68. The summed E-state index contributed by atoms with van der Waals surface area (Å²) in [6.45, 7) is 2.08. The first-order chi connectivity index (χ1) is 7.81. The molecule has 0 atom stereocenters. The Hall–Kier alpha value is -1.81. The van der Waals surface area contributed by atoms with Crippen LogP contribution in [0, 0.1) is 6.92 Å². The SMILES string of the molecule is Cc1csc(Nc2nc3ccccc3[nH]2)c1. The molecule has 0 unspecified atom stereocenters. The molecule has 1 aromatic carbocycles. The van der Waals surface area contributed by atoms with Crippen molar-refractivity contribution >= 4 is 33.3 Å². The monoisotopic (exact) mass is 229 g/mol. The molecule has 4 heteroatoms. The van der Waals surface area contributed by atoms with Crippen LogP contribution in [0.4, 0.5) is 10.9 Å². The molecule has 16 heavy (non-hydrogen) atoms. The third-order valence-corrected chi connectivity index (χ3v) is 3.33. The van der Waals surface area contributed by atoms with Crippen LogP contribution in [0.3, 0.4) is 0 Å². The van der Waals surface area contributed by atoms with E-state index in [0.29, 0.717) is 0 Å². The Morgan fingerprint density at radius 2 is 2.19 bits per heavy atom. The standard InChI is InChI=1S/C12H11N3S/c1-8-6-11(16-7-8)15-12-13-9-4-2-3-5-10(9)14-12/h2-7H,1H3,(H2,13,14,15). The summed E-state index contributed by atoms with van der Waals surface area (Å²) in [4.78, 5) is 7.70. The van der Waals surface area contributed by atoms with E-state index in [0.717, 1.165) is 22.0 Å². The number of nitrogens with one attached hydrogen (secondary N) is 2. The van der Waals surface area contributed by atoms with Crippen molar-refractivity contribution in [2.24, 2.45) is 0 Å². The molecule has 80 valence electrons. The molecular weight excluding hydrogens is 218 g/mol. The van der Waals surface area contributed by atoms with Crippen molar-refractivity contribution < 1.29 is 0 Å². The maximum absolute atomic E-state index is 4.46. The van der Waals surface area contributed by atoms with Crippen molar-refractivity contribution in [3.05, 3.63) is 41.3 Å². The highest BCUT2D eigenvalue weighted by Crippen LogP contribution is 2.23. The van der Waals surface area contributed by atoms with Gasteiger partial charge in [0.05, 0.1) is 16.0 Å². The Kier molecular flexibility index (Phi) is 2.15. The molecule has 3 nitrogen and oxygen atoms in total. The van der Waals surface area contributed by atoms with E-state index in [1.807, 2.05) is 24.3 Å². The van der Waals surface area contributed by atoms with Gasteiger partial charge in [-0.3, -0.25) is 0 Å².